The summed E-state index contributed by atoms with van der Waals surface area (Å²) in [5, 5.41) is 2.69. The van der Waals surface area contributed by atoms with Crippen molar-refractivity contribution in [1.82, 2.24) is 4.98 Å². The minimum Gasteiger partial charge on any atom is -0.326 e. The molecular weight excluding hydrogens is 250 g/mol. The molecule has 0 bridgehead atoms. The van der Waals surface area contributed by atoms with Crippen LogP contribution >= 0.6 is 0 Å². The van der Waals surface area contributed by atoms with Crippen molar-refractivity contribution in [3.05, 3.63) is 59.9 Å². The molecule has 0 radical (unpaired) electrons. The van der Waals surface area contributed by atoms with E-state index in [0.717, 1.165) is 12.1 Å². The third-order valence-electron chi connectivity index (χ3n) is 2.59. The Labute approximate surface area is 109 Å². The lowest BCUT2D eigenvalue weighted by Gasteiger charge is -2.05. The quantitative estimate of drug-likeness (QED) is 0.920. The van der Waals surface area contributed by atoms with Crippen LogP contribution in [0.1, 0.15) is 12.0 Å². The normalized spacial score (nSPS) is 10.2. The first-order valence-corrected chi connectivity index (χ1v) is 5.79. The number of hydrogen-bond donors (Lipinski definition) is 1. The number of nitrogens with one attached hydrogen (secondary N) is 1. The summed E-state index contributed by atoms with van der Waals surface area (Å²) in [6.07, 6.45) is 3.71. The fourth-order valence-electron chi connectivity index (χ4n) is 1.61. The lowest BCUT2D eigenvalue weighted by Crippen LogP contribution is -2.12. The molecule has 2 rings (SSSR count). The molecule has 98 valence electrons. The van der Waals surface area contributed by atoms with Gasteiger partial charge in [-0.25, -0.2) is 8.78 Å². The number of nitrogens with zero attached hydrogens (tertiary/aromatic N) is 1. The lowest BCUT2D eigenvalue weighted by molar-refractivity contribution is -0.116. The summed E-state index contributed by atoms with van der Waals surface area (Å²) < 4.78 is 25.7. The number of benzene rings is 1. The topological polar surface area (TPSA) is 42.0 Å². The minimum absolute atomic E-state index is 0.184. The number of carbonyl (C=O) groups excluding carboxylic acids is 1. The molecule has 1 aromatic heterocycles. The first-order chi connectivity index (χ1) is 9.15. The van der Waals surface area contributed by atoms with Crippen LogP contribution in [0.3, 0.4) is 0 Å². The number of anilines is 1. The number of hydrogen-bond acceptors (Lipinski definition) is 2. The summed E-state index contributed by atoms with van der Waals surface area (Å²) in [5.41, 5.74) is 1.24. The van der Waals surface area contributed by atoms with Crippen LogP contribution in [-0.2, 0) is 11.2 Å². The van der Waals surface area contributed by atoms with E-state index in [0.29, 0.717) is 17.7 Å². The number of pyridine rings is 1. The van der Waals surface area contributed by atoms with Gasteiger partial charge < -0.3 is 5.32 Å². The summed E-state index contributed by atoms with van der Waals surface area (Å²) in [4.78, 5) is 15.5. The number of halogens is 2. The van der Waals surface area contributed by atoms with E-state index in [1.807, 2.05) is 0 Å². The maximum absolute atomic E-state index is 13.0. The highest BCUT2D eigenvalue weighted by atomic mass is 19.2. The van der Waals surface area contributed by atoms with E-state index >= 15 is 0 Å². The first-order valence-electron chi connectivity index (χ1n) is 5.79. The monoisotopic (exact) mass is 262 g/mol. The number of amides is 1. The molecule has 0 atom stereocenters. The molecule has 0 aliphatic heterocycles. The zero-order valence-corrected chi connectivity index (χ0v) is 10.1. The van der Waals surface area contributed by atoms with Crippen molar-refractivity contribution in [3.63, 3.8) is 0 Å². The Morgan fingerprint density at radius 1 is 1.11 bits per heavy atom. The second-order valence-electron chi connectivity index (χ2n) is 4.03. The standard InChI is InChI=1S/C14H12F2N2O/c15-12-3-1-10(9-13(12)16)2-4-14(19)18-11-5-7-17-8-6-11/h1,3,5-9H,2,4H2,(H,17,18,19). The fraction of sp³-hybridized carbons (Fsp3) is 0.143. The number of rotatable bonds is 4. The number of aryl methyl sites for hydroxylation is 1. The molecule has 0 aliphatic rings. The Morgan fingerprint density at radius 2 is 1.84 bits per heavy atom. The predicted molar refractivity (Wildman–Crippen MR) is 67.5 cm³/mol. The maximum atomic E-state index is 13.0. The van der Waals surface area contributed by atoms with E-state index in [1.165, 1.54) is 6.07 Å². The van der Waals surface area contributed by atoms with E-state index in [1.54, 1.807) is 24.5 Å². The van der Waals surface area contributed by atoms with Crippen molar-refractivity contribution < 1.29 is 13.6 Å². The molecule has 0 spiro atoms. The van der Waals surface area contributed by atoms with E-state index < -0.39 is 11.6 Å². The fourth-order valence-corrected chi connectivity index (χ4v) is 1.61. The van der Waals surface area contributed by atoms with Gasteiger partial charge in [0.2, 0.25) is 5.91 Å². The Morgan fingerprint density at radius 3 is 2.53 bits per heavy atom. The van der Waals surface area contributed by atoms with Gasteiger partial charge in [-0.3, -0.25) is 9.78 Å². The van der Waals surface area contributed by atoms with Gasteiger partial charge in [-0.05, 0) is 36.2 Å². The summed E-state index contributed by atoms with van der Waals surface area (Å²) >= 11 is 0. The molecule has 1 N–H and O–H groups in total. The average Bonchev–Trinajstić information content (AvgIpc) is 2.41. The van der Waals surface area contributed by atoms with Gasteiger partial charge in [0.1, 0.15) is 0 Å². The smallest absolute Gasteiger partial charge is 0.224 e. The second kappa shape index (κ2) is 6.04. The summed E-state index contributed by atoms with van der Waals surface area (Å²) in [7, 11) is 0. The van der Waals surface area contributed by atoms with Crippen LogP contribution in [0, 0.1) is 11.6 Å². The average molecular weight is 262 g/mol. The number of aromatic nitrogens is 1. The Balaban J connectivity index is 1.88. The highest BCUT2D eigenvalue weighted by Crippen LogP contribution is 2.11. The summed E-state index contributed by atoms with van der Waals surface area (Å²) in [6, 6.07) is 6.99. The molecule has 5 heteroatoms. The molecule has 0 aliphatic carbocycles. The van der Waals surface area contributed by atoms with Gasteiger partial charge in [0.05, 0.1) is 0 Å². The van der Waals surface area contributed by atoms with Gasteiger partial charge in [-0.2, -0.15) is 0 Å². The van der Waals surface area contributed by atoms with Gasteiger partial charge in [-0.15, -0.1) is 0 Å². The highest BCUT2D eigenvalue weighted by Gasteiger charge is 2.06. The SMILES string of the molecule is O=C(CCc1ccc(F)c(F)c1)Nc1ccncc1. The lowest BCUT2D eigenvalue weighted by atomic mass is 10.1. The molecule has 0 fully saturated rings. The molecule has 0 unspecified atom stereocenters. The van der Waals surface area contributed by atoms with Crippen molar-refractivity contribution in [3.8, 4) is 0 Å². The van der Waals surface area contributed by atoms with Gasteiger partial charge in [-0.1, -0.05) is 6.07 Å². The van der Waals surface area contributed by atoms with Crippen molar-refractivity contribution >= 4 is 11.6 Å². The van der Waals surface area contributed by atoms with E-state index in [9.17, 15) is 13.6 Å². The summed E-state index contributed by atoms with van der Waals surface area (Å²) in [6.45, 7) is 0. The van der Waals surface area contributed by atoms with Crippen LogP contribution in [0.4, 0.5) is 14.5 Å². The van der Waals surface area contributed by atoms with Crippen LogP contribution in [0.2, 0.25) is 0 Å². The molecule has 1 aromatic carbocycles. The third kappa shape index (κ3) is 3.84. The van der Waals surface area contributed by atoms with Crippen LogP contribution in [0.15, 0.2) is 42.7 Å². The maximum Gasteiger partial charge on any atom is 0.224 e. The van der Waals surface area contributed by atoms with Crippen LogP contribution < -0.4 is 5.32 Å². The van der Waals surface area contributed by atoms with Gasteiger partial charge in [0.25, 0.3) is 0 Å². The van der Waals surface area contributed by atoms with Crippen molar-refractivity contribution in [1.29, 1.82) is 0 Å². The van der Waals surface area contributed by atoms with Gasteiger partial charge in [0.15, 0.2) is 11.6 Å². The van der Waals surface area contributed by atoms with Crippen molar-refractivity contribution in [2.75, 3.05) is 5.32 Å². The third-order valence-corrected chi connectivity index (χ3v) is 2.59. The zero-order chi connectivity index (χ0) is 13.7. The minimum atomic E-state index is -0.896. The zero-order valence-electron chi connectivity index (χ0n) is 10.1. The Bertz CT molecular complexity index is 573. The molecule has 0 saturated carbocycles. The first kappa shape index (κ1) is 13.1. The molecular formula is C14H12F2N2O. The molecule has 19 heavy (non-hydrogen) atoms. The van der Waals surface area contributed by atoms with E-state index in [2.05, 4.69) is 10.3 Å². The molecule has 1 amide bonds. The van der Waals surface area contributed by atoms with Crippen molar-refractivity contribution in [2.24, 2.45) is 0 Å². The van der Waals surface area contributed by atoms with E-state index in [-0.39, 0.29) is 12.3 Å². The van der Waals surface area contributed by atoms with E-state index in [4.69, 9.17) is 0 Å². The largest absolute Gasteiger partial charge is 0.326 e. The van der Waals surface area contributed by atoms with Crippen molar-refractivity contribution in [2.45, 2.75) is 12.8 Å². The molecule has 0 saturated heterocycles. The van der Waals surface area contributed by atoms with Crippen LogP contribution in [0.25, 0.3) is 0 Å². The molecule has 3 nitrogen and oxygen atoms in total. The van der Waals surface area contributed by atoms with Crippen LogP contribution in [-0.4, -0.2) is 10.9 Å². The number of carbonyl (C=O) groups is 1. The predicted octanol–water partition coefficient (Wildman–Crippen LogP) is 2.93. The molecule has 2 aromatic rings. The second-order valence-corrected chi connectivity index (χ2v) is 4.03. The molecule has 1 heterocycles. The Kier molecular flexibility index (Phi) is 4.18. The highest BCUT2D eigenvalue weighted by molar-refractivity contribution is 5.90. The van der Waals surface area contributed by atoms with Gasteiger partial charge in [0, 0.05) is 24.5 Å². The van der Waals surface area contributed by atoms with Gasteiger partial charge >= 0.3 is 0 Å². The van der Waals surface area contributed by atoms with Crippen LogP contribution in [0.5, 0.6) is 0 Å². The Hall–Kier alpha value is -2.30. The summed E-state index contributed by atoms with van der Waals surface area (Å²) in [5.74, 6) is -1.96.